The van der Waals surface area contributed by atoms with Crippen LogP contribution in [-0.4, -0.2) is 26.2 Å². The second kappa shape index (κ2) is 3.78. The van der Waals surface area contributed by atoms with E-state index < -0.39 is 11.8 Å². The van der Waals surface area contributed by atoms with Crippen LogP contribution in [0.2, 0.25) is 0 Å². The average Bonchev–Trinajstić information content (AvgIpc) is 2.78. The molecule has 0 saturated heterocycles. The minimum Gasteiger partial charge on any atom is -0.475 e. The molecule has 16 heavy (non-hydrogen) atoms. The van der Waals surface area contributed by atoms with Crippen LogP contribution in [0.15, 0.2) is 22.9 Å². The Morgan fingerprint density at radius 1 is 1.56 bits per heavy atom. The van der Waals surface area contributed by atoms with E-state index in [1.807, 2.05) is 6.07 Å². The van der Waals surface area contributed by atoms with Gasteiger partial charge >= 0.3 is 5.97 Å². The zero-order chi connectivity index (χ0) is 11.5. The Morgan fingerprint density at radius 2 is 2.38 bits per heavy atom. The van der Waals surface area contributed by atoms with E-state index in [2.05, 4.69) is 15.1 Å². The number of carbonyl (C=O) groups is 1. The van der Waals surface area contributed by atoms with Gasteiger partial charge in [0.25, 0.3) is 11.7 Å². The highest BCUT2D eigenvalue weighted by Crippen LogP contribution is 2.16. The van der Waals surface area contributed by atoms with Crippen LogP contribution in [0.5, 0.6) is 0 Å². The summed E-state index contributed by atoms with van der Waals surface area (Å²) >= 11 is 0. The summed E-state index contributed by atoms with van der Waals surface area (Å²) in [5.41, 5.74) is 0.638. The number of hydrogen-bond acceptors (Lipinski definition) is 6. The molecular formula is C9H4N4O3. The molecule has 2 aromatic heterocycles. The fourth-order valence-corrected chi connectivity index (χ4v) is 1.05. The number of carboxylic acid groups (broad SMARTS) is 1. The minimum absolute atomic E-state index is 0.0382. The molecule has 0 aliphatic heterocycles. The van der Waals surface area contributed by atoms with Crippen LogP contribution in [0.25, 0.3) is 11.5 Å². The van der Waals surface area contributed by atoms with E-state index in [9.17, 15) is 4.79 Å². The number of carboxylic acids is 1. The van der Waals surface area contributed by atoms with Crippen molar-refractivity contribution in [3.8, 4) is 17.5 Å². The van der Waals surface area contributed by atoms with Gasteiger partial charge in [0.2, 0.25) is 0 Å². The lowest BCUT2D eigenvalue weighted by atomic mass is 10.2. The zero-order valence-corrected chi connectivity index (χ0v) is 7.78. The van der Waals surface area contributed by atoms with Crippen molar-refractivity contribution in [1.29, 1.82) is 5.26 Å². The fraction of sp³-hybridized carbons (Fsp3) is 0. The summed E-state index contributed by atoms with van der Waals surface area (Å²) in [6, 6.07) is 4.82. The van der Waals surface area contributed by atoms with Crippen molar-refractivity contribution in [3.63, 3.8) is 0 Å². The Kier molecular flexibility index (Phi) is 2.31. The van der Waals surface area contributed by atoms with E-state index in [-0.39, 0.29) is 11.6 Å². The maximum atomic E-state index is 10.5. The van der Waals surface area contributed by atoms with Crippen LogP contribution in [0.4, 0.5) is 0 Å². The summed E-state index contributed by atoms with van der Waals surface area (Å²) in [5, 5.41) is 20.5. The molecule has 0 fully saturated rings. The molecule has 0 amide bonds. The smallest absolute Gasteiger partial charge is 0.377 e. The molecule has 0 radical (unpaired) electrons. The normalized spacial score (nSPS) is 9.69. The Labute approximate surface area is 89.0 Å². The number of aromatic nitrogens is 3. The Hall–Kier alpha value is -2.75. The Balaban J connectivity index is 2.43. The summed E-state index contributed by atoms with van der Waals surface area (Å²) in [7, 11) is 0. The molecular weight excluding hydrogens is 212 g/mol. The van der Waals surface area contributed by atoms with Crippen molar-refractivity contribution >= 4 is 5.97 Å². The molecule has 7 nitrogen and oxygen atoms in total. The average molecular weight is 216 g/mol. The fourth-order valence-electron chi connectivity index (χ4n) is 1.05. The predicted molar refractivity (Wildman–Crippen MR) is 49.2 cm³/mol. The maximum Gasteiger partial charge on any atom is 0.377 e. The molecule has 2 aromatic rings. The molecule has 1 N–H and O–H groups in total. The van der Waals surface area contributed by atoms with Crippen LogP contribution in [0.3, 0.4) is 0 Å². The summed E-state index contributed by atoms with van der Waals surface area (Å²) in [5.74, 6) is -1.66. The van der Waals surface area contributed by atoms with Gasteiger partial charge in [0.05, 0.1) is 0 Å². The van der Waals surface area contributed by atoms with E-state index >= 15 is 0 Å². The molecule has 2 rings (SSSR count). The monoisotopic (exact) mass is 216 g/mol. The topological polar surface area (TPSA) is 113 Å². The van der Waals surface area contributed by atoms with Gasteiger partial charge in [0, 0.05) is 11.8 Å². The third-order valence-corrected chi connectivity index (χ3v) is 1.74. The van der Waals surface area contributed by atoms with E-state index in [0.29, 0.717) is 5.56 Å². The van der Waals surface area contributed by atoms with Crippen LogP contribution in [-0.2, 0) is 0 Å². The number of nitriles is 1. The van der Waals surface area contributed by atoms with E-state index in [0.717, 1.165) is 0 Å². The zero-order valence-electron chi connectivity index (χ0n) is 7.78. The summed E-state index contributed by atoms with van der Waals surface area (Å²) in [4.78, 5) is 17.9. The first-order chi connectivity index (χ1) is 7.70. The number of nitrogens with zero attached hydrogens (tertiary/aromatic N) is 4. The molecule has 0 bridgehead atoms. The summed E-state index contributed by atoms with van der Waals surface area (Å²) in [6.45, 7) is 0. The van der Waals surface area contributed by atoms with Gasteiger partial charge in [-0.25, -0.2) is 9.78 Å². The Morgan fingerprint density at radius 3 is 3.00 bits per heavy atom. The molecule has 2 heterocycles. The highest BCUT2D eigenvalue weighted by Gasteiger charge is 2.14. The first-order valence-corrected chi connectivity index (χ1v) is 4.14. The quantitative estimate of drug-likeness (QED) is 0.785. The lowest BCUT2D eigenvalue weighted by Gasteiger charge is -1.92. The Bertz CT molecular complexity index is 584. The third-order valence-electron chi connectivity index (χ3n) is 1.74. The molecule has 0 saturated carbocycles. The van der Waals surface area contributed by atoms with Crippen molar-refractivity contribution in [2.75, 3.05) is 0 Å². The number of hydrogen-bond donors (Lipinski definition) is 1. The van der Waals surface area contributed by atoms with Gasteiger partial charge in [0.15, 0.2) is 0 Å². The van der Waals surface area contributed by atoms with Gasteiger partial charge in [-0.15, -0.1) is 0 Å². The molecule has 0 atom stereocenters. The van der Waals surface area contributed by atoms with E-state index in [1.54, 1.807) is 6.07 Å². The first-order valence-electron chi connectivity index (χ1n) is 4.14. The van der Waals surface area contributed by atoms with Gasteiger partial charge < -0.3 is 9.63 Å². The van der Waals surface area contributed by atoms with Crippen molar-refractivity contribution in [3.05, 3.63) is 29.8 Å². The van der Waals surface area contributed by atoms with Gasteiger partial charge in [-0.1, -0.05) is 0 Å². The van der Waals surface area contributed by atoms with Crippen molar-refractivity contribution in [2.24, 2.45) is 0 Å². The van der Waals surface area contributed by atoms with Crippen LogP contribution in [0, 0.1) is 11.3 Å². The van der Waals surface area contributed by atoms with Crippen LogP contribution >= 0.6 is 0 Å². The van der Waals surface area contributed by atoms with Crippen LogP contribution < -0.4 is 0 Å². The molecule has 0 aromatic carbocycles. The second-order valence-electron chi connectivity index (χ2n) is 2.77. The van der Waals surface area contributed by atoms with Crippen molar-refractivity contribution in [1.82, 2.24) is 15.1 Å². The largest absolute Gasteiger partial charge is 0.475 e. The maximum absolute atomic E-state index is 10.5. The SMILES string of the molecule is N#Cc1cc(-c2nc(C(=O)O)no2)ccn1. The standard InChI is InChI=1S/C9H4N4O3/c10-4-6-3-5(1-2-11-6)8-12-7(9(14)15)13-16-8/h1-3H,(H,14,15). The minimum atomic E-state index is -1.27. The van der Waals surface area contributed by atoms with Gasteiger partial charge in [-0.2, -0.15) is 10.2 Å². The summed E-state index contributed by atoms with van der Waals surface area (Å²) < 4.78 is 4.73. The third kappa shape index (κ3) is 1.72. The van der Waals surface area contributed by atoms with Gasteiger partial charge in [0.1, 0.15) is 11.8 Å². The number of pyridine rings is 1. The van der Waals surface area contributed by atoms with Gasteiger partial charge in [-0.05, 0) is 17.3 Å². The second-order valence-corrected chi connectivity index (χ2v) is 2.77. The highest BCUT2D eigenvalue weighted by atomic mass is 16.5. The molecule has 78 valence electrons. The molecule has 0 aliphatic carbocycles. The van der Waals surface area contributed by atoms with Gasteiger partial charge in [-0.3, -0.25) is 0 Å². The van der Waals surface area contributed by atoms with E-state index in [1.165, 1.54) is 12.3 Å². The molecule has 0 spiro atoms. The van der Waals surface area contributed by atoms with Crippen molar-refractivity contribution < 1.29 is 14.4 Å². The molecule has 0 aliphatic rings. The molecule has 7 heteroatoms. The predicted octanol–water partition coefficient (Wildman–Crippen LogP) is 0.701. The van der Waals surface area contributed by atoms with Crippen LogP contribution in [0.1, 0.15) is 16.3 Å². The van der Waals surface area contributed by atoms with Crippen molar-refractivity contribution in [2.45, 2.75) is 0 Å². The summed E-state index contributed by atoms with van der Waals surface area (Å²) in [6.07, 6.45) is 1.40. The number of aromatic carboxylic acids is 1. The van der Waals surface area contributed by atoms with E-state index in [4.69, 9.17) is 14.9 Å². The molecule has 0 unspecified atom stereocenters. The first kappa shape index (κ1) is 9.79. The number of rotatable bonds is 2. The highest BCUT2D eigenvalue weighted by molar-refractivity contribution is 5.83. The lowest BCUT2D eigenvalue weighted by Crippen LogP contribution is -1.98. The lowest BCUT2D eigenvalue weighted by molar-refractivity contribution is 0.0680.